The maximum atomic E-state index is 4.54. The van der Waals surface area contributed by atoms with E-state index in [1.165, 1.54) is 44.1 Å². The highest BCUT2D eigenvalue weighted by atomic mass is 15.0. The van der Waals surface area contributed by atoms with Crippen LogP contribution in [0.1, 0.15) is 50.1 Å². The van der Waals surface area contributed by atoms with Crippen LogP contribution in [0.25, 0.3) is 0 Å². The number of hydrogen-bond donors (Lipinski definition) is 2. The molecule has 1 saturated carbocycles. The van der Waals surface area contributed by atoms with Crippen molar-refractivity contribution in [2.45, 2.75) is 50.6 Å². The molecule has 0 radical (unpaired) electrons. The molecule has 17 heavy (non-hydrogen) atoms. The van der Waals surface area contributed by atoms with E-state index < -0.39 is 0 Å². The van der Waals surface area contributed by atoms with E-state index in [1.807, 2.05) is 6.20 Å². The summed E-state index contributed by atoms with van der Waals surface area (Å²) in [4.78, 5) is 4.54. The average Bonchev–Trinajstić information content (AvgIpc) is 3.01. The SMILES string of the molecule is c1cc(NC2CCCC2)ncc1C1CCCN1. The average molecular weight is 231 g/mol. The first-order valence-electron chi connectivity index (χ1n) is 6.88. The highest BCUT2D eigenvalue weighted by Crippen LogP contribution is 2.24. The topological polar surface area (TPSA) is 37.0 Å². The van der Waals surface area contributed by atoms with Crippen molar-refractivity contribution in [2.24, 2.45) is 0 Å². The molecule has 2 heterocycles. The smallest absolute Gasteiger partial charge is 0.126 e. The van der Waals surface area contributed by atoms with E-state index >= 15 is 0 Å². The Hall–Kier alpha value is -1.09. The predicted molar refractivity (Wildman–Crippen MR) is 70.1 cm³/mol. The van der Waals surface area contributed by atoms with Crippen molar-refractivity contribution in [3.05, 3.63) is 23.9 Å². The fourth-order valence-electron chi connectivity index (χ4n) is 2.95. The van der Waals surface area contributed by atoms with Crippen molar-refractivity contribution < 1.29 is 0 Å². The lowest BCUT2D eigenvalue weighted by Crippen LogP contribution is -2.16. The van der Waals surface area contributed by atoms with Crippen LogP contribution in [0.5, 0.6) is 0 Å². The Bertz CT molecular complexity index is 348. The van der Waals surface area contributed by atoms with Crippen LogP contribution >= 0.6 is 0 Å². The highest BCUT2D eigenvalue weighted by molar-refractivity contribution is 5.37. The molecule has 2 N–H and O–H groups in total. The predicted octanol–water partition coefficient (Wildman–Crippen LogP) is 2.86. The molecule has 1 unspecified atom stereocenters. The molecular formula is C14H21N3. The van der Waals surface area contributed by atoms with Crippen molar-refractivity contribution in [1.29, 1.82) is 0 Å². The number of anilines is 1. The lowest BCUT2D eigenvalue weighted by molar-refractivity contribution is 0.645. The van der Waals surface area contributed by atoms with E-state index in [2.05, 4.69) is 27.8 Å². The van der Waals surface area contributed by atoms with Crippen molar-refractivity contribution >= 4 is 5.82 Å². The first kappa shape index (κ1) is 11.0. The minimum Gasteiger partial charge on any atom is -0.367 e. The summed E-state index contributed by atoms with van der Waals surface area (Å²) < 4.78 is 0. The van der Waals surface area contributed by atoms with E-state index in [-0.39, 0.29) is 0 Å². The molecule has 1 saturated heterocycles. The summed E-state index contributed by atoms with van der Waals surface area (Å²) in [6.07, 6.45) is 9.88. The van der Waals surface area contributed by atoms with Gasteiger partial charge in [0.05, 0.1) is 0 Å². The van der Waals surface area contributed by atoms with E-state index in [4.69, 9.17) is 0 Å². The van der Waals surface area contributed by atoms with E-state index in [9.17, 15) is 0 Å². The van der Waals surface area contributed by atoms with Crippen LogP contribution < -0.4 is 10.6 Å². The number of pyridine rings is 1. The fourth-order valence-corrected chi connectivity index (χ4v) is 2.95. The zero-order valence-electron chi connectivity index (χ0n) is 10.3. The van der Waals surface area contributed by atoms with Crippen LogP contribution in [0.15, 0.2) is 18.3 Å². The van der Waals surface area contributed by atoms with Crippen molar-refractivity contribution in [1.82, 2.24) is 10.3 Å². The standard InChI is InChI=1S/C14H21N3/c1-2-5-12(4-1)17-14-8-7-11(10-16-14)13-6-3-9-15-13/h7-8,10,12-13,15H,1-6,9H2,(H,16,17). The van der Waals surface area contributed by atoms with Crippen LogP contribution in [0.3, 0.4) is 0 Å². The molecule has 1 aromatic rings. The second kappa shape index (κ2) is 5.05. The fraction of sp³-hybridized carbons (Fsp3) is 0.643. The van der Waals surface area contributed by atoms with Gasteiger partial charge < -0.3 is 10.6 Å². The van der Waals surface area contributed by atoms with Crippen LogP contribution in [-0.2, 0) is 0 Å². The Morgan fingerprint density at radius 1 is 1.12 bits per heavy atom. The lowest BCUT2D eigenvalue weighted by atomic mass is 10.1. The number of aromatic nitrogens is 1. The zero-order valence-corrected chi connectivity index (χ0v) is 10.3. The summed E-state index contributed by atoms with van der Waals surface area (Å²) in [5, 5.41) is 7.03. The van der Waals surface area contributed by atoms with Gasteiger partial charge in [-0.1, -0.05) is 18.9 Å². The Labute approximate surface area is 103 Å². The summed E-state index contributed by atoms with van der Waals surface area (Å²) in [6.45, 7) is 1.15. The van der Waals surface area contributed by atoms with Gasteiger partial charge in [-0.15, -0.1) is 0 Å². The van der Waals surface area contributed by atoms with Gasteiger partial charge in [-0.25, -0.2) is 4.98 Å². The minimum absolute atomic E-state index is 0.531. The van der Waals surface area contributed by atoms with Gasteiger partial charge in [-0.05, 0) is 43.9 Å². The van der Waals surface area contributed by atoms with Gasteiger partial charge >= 0.3 is 0 Å². The van der Waals surface area contributed by atoms with Gasteiger partial charge in [-0.2, -0.15) is 0 Å². The molecule has 1 aromatic heterocycles. The van der Waals surface area contributed by atoms with Crippen molar-refractivity contribution in [2.75, 3.05) is 11.9 Å². The Kier molecular flexibility index (Phi) is 3.27. The number of nitrogens with one attached hydrogen (secondary N) is 2. The molecule has 1 aliphatic heterocycles. The molecule has 2 aliphatic rings. The minimum atomic E-state index is 0.531. The number of hydrogen-bond acceptors (Lipinski definition) is 3. The summed E-state index contributed by atoms with van der Waals surface area (Å²) in [5.74, 6) is 1.04. The van der Waals surface area contributed by atoms with Gasteiger partial charge in [0.1, 0.15) is 5.82 Å². The molecule has 0 aromatic carbocycles. The van der Waals surface area contributed by atoms with Gasteiger partial charge in [0.2, 0.25) is 0 Å². The van der Waals surface area contributed by atoms with Crippen LogP contribution in [0, 0.1) is 0 Å². The molecule has 1 atom stereocenters. The quantitative estimate of drug-likeness (QED) is 0.840. The molecule has 3 nitrogen and oxygen atoms in total. The third kappa shape index (κ3) is 2.60. The first-order valence-corrected chi connectivity index (χ1v) is 6.88. The van der Waals surface area contributed by atoms with Gasteiger partial charge in [0.15, 0.2) is 0 Å². The summed E-state index contributed by atoms with van der Waals surface area (Å²) in [5.41, 5.74) is 1.33. The van der Waals surface area contributed by atoms with E-state index in [0.29, 0.717) is 12.1 Å². The van der Waals surface area contributed by atoms with Crippen LogP contribution in [0.2, 0.25) is 0 Å². The largest absolute Gasteiger partial charge is 0.367 e. The Morgan fingerprint density at radius 2 is 2.00 bits per heavy atom. The summed E-state index contributed by atoms with van der Waals surface area (Å²) in [6, 6.07) is 5.53. The molecule has 0 bridgehead atoms. The van der Waals surface area contributed by atoms with Gasteiger partial charge in [0.25, 0.3) is 0 Å². The molecule has 92 valence electrons. The third-order valence-electron chi connectivity index (χ3n) is 3.96. The van der Waals surface area contributed by atoms with Gasteiger partial charge in [0, 0.05) is 18.3 Å². The number of rotatable bonds is 3. The summed E-state index contributed by atoms with van der Waals surface area (Å²) in [7, 11) is 0. The maximum absolute atomic E-state index is 4.54. The van der Waals surface area contributed by atoms with Gasteiger partial charge in [-0.3, -0.25) is 0 Å². The molecule has 3 rings (SSSR count). The second-order valence-corrected chi connectivity index (χ2v) is 5.25. The van der Waals surface area contributed by atoms with E-state index in [0.717, 1.165) is 12.4 Å². The van der Waals surface area contributed by atoms with Crippen LogP contribution in [0.4, 0.5) is 5.82 Å². The lowest BCUT2D eigenvalue weighted by Gasteiger charge is -2.14. The normalized spacial score (nSPS) is 25.3. The first-order chi connectivity index (χ1) is 8.42. The molecule has 1 aliphatic carbocycles. The molecule has 0 amide bonds. The number of nitrogens with zero attached hydrogens (tertiary/aromatic N) is 1. The van der Waals surface area contributed by atoms with Crippen LogP contribution in [-0.4, -0.2) is 17.6 Å². The second-order valence-electron chi connectivity index (χ2n) is 5.25. The van der Waals surface area contributed by atoms with Crippen molar-refractivity contribution in [3.8, 4) is 0 Å². The maximum Gasteiger partial charge on any atom is 0.126 e. The zero-order chi connectivity index (χ0) is 11.5. The Balaban J connectivity index is 1.62. The van der Waals surface area contributed by atoms with E-state index in [1.54, 1.807) is 0 Å². The molecule has 2 fully saturated rings. The molecule has 3 heteroatoms. The van der Waals surface area contributed by atoms with Crippen molar-refractivity contribution in [3.63, 3.8) is 0 Å². The molecular weight excluding hydrogens is 210 g/mol. The monoisotopic (exact) mass is 231 g/mol. The summed E-state index contributed by atoms with van der Waals surface area (Å²) >= 11 is 0. The highest BCUT2D eigenvalue weighted by Gasteiger charge is 2.17. The third-order valence-corrected chi connectivity index (χ3v) is 3.96. The Morgan fingerprint density at radius 3 is 2.65 bits per heavy atom. The molecule has 0 spiro atoms.